The number of ether oxygens (including phenoxy) is 2. The van der Waals surface area contributed by atoms with Crippen LogP contribution in [0.3, 0.4) is 0 Å². The monoisotopic (exact) mass is 421 g/mol. The largest absolute Gasteiger partial charge is 0.496 e. The highest BCUT2D eigenvalue weighted by Crippen LogP contribution is 2.65. The number of carbonyl (C=O) groups excluding carboxylic acids is 1. The number of likely N-dealkylation sites (tertiary alicyclic amines) is 1. The van der Waals surface area contributed by atoms with Crippen molar-refractivity contribution in [2.45, 2.75) is 37.7 Å². The summed E-state index contributed by atoms with van der Waals surface area (Å²) >= 11 is 0. The van der Waals surface area contributed by atoms with Crippen molar-refractivity contribution in [3.05, 3.63) is 53.6 Å². The zero-order chi connectivity index (χ0) is 21.6. The van der Waals surface area contributed by atoms with Crippen LogP contribution < -0.4 is 4.74 Å². The summed E-state index contributed by atoms with van der Waals surface area (Å²) < 4.78 is 11.2. The molecular weight excluding hydrogens is 394 g/mol. The van der Waals surface area contributed by atoms with Crippen LogP contribution in [0.2, 0.25) is 0 Å². The third kappa shape index (κ3) is 3.49. The van der Waals surface area contributed by atoms with Crippen molar-refractivity contribution in [2.24, 2.45) is 5.41 Å². The lowest BCUT2D eigenvalue weighted by molar-refractivity contribution is -0.140. The second kappa shape index (κ2) is 7.68. The topological polar surface area (TPSA) is 76.1 Å². The fraction of sp³-hybridized carbons (Fsp3) is 0.440. The highest BCUT2D eigenvalue weighted by molar-refractivity contribution is 5.93. The van der Waals surface area contributed by atoms with Crippen molar-refractivity contribution >= 4 is 11.9 Å². The molecule has 2 aliphatic heterocycles. The van der Waals surface area contributed by atoms with Gasteiger partial charge < -0.3 is 19.5 Å². The molecule has 0 aromatic heterocycles. The predicted octanol–water partition coefficient (Wildman–Crippen LogP) is 3.95. The molecule has 1 spiro atoms. The molecule has 2 saturated heterocycles. The van der Waals surface area contributed by atoms with Gasteiger partial charge in [0.1, 0.15) is 11.9 Å². The molecule has 162 valence electrons. The Balaban J connectivity index is 1.43. The summed E-state index contributed by atoms with van der Waals surface area (Å²) in [7, 11) is 1.62. The average Bonchev–Trinajstić information content (AvgIpc) is 3.14. The van der Waals surface area contributed by atoms with Crippen LogP contribution >= 0.6 is 0 Å². The second-order valence-electron chi connectivity index (χ2n) is 8.94. The molecule has 3 fully saturated rings. The zero-order valence-corrected chi connectivity index (χ0v) is 17.7. The Kier molecular flexibility index (Phi) is 4.97. The fourth-order valence-electron chi connectivity index (χ4n) is 5.38. The molecule has 3 aliphatic rings. The van der Waals surface area contributed by atoms with Crippen LogP contribution in [0.1, 0.15) is 47.5 Å². The Labute approximate surface area is 181 Å². The molecule has 1 N–H and O–H groups in total. The van der Waals surface area contributed by atoms with Gasteiger partial charge in [-0.15, -0.1) is 0 Å². The molecular formula is C25H27NO5. The highest BCUT2D eigenvalue weighted by Gasteiger charge is 2.59. The summed E-state index contributed by atoms with van der Waals surface area (Å²) in [6.45, 7) is 2.06. The standard InChI is InChI=1S/C25H27NO5/c1-30-22-13-18(19(24(28)29)12-17(22)16-6-3-2-4-7-16)20-14-25(20)9-10-26(15-25)23(27)21-8-5-11-31-21/h2-4,6-7,12-13,20-21H,5,8-11,14-15H2,1H3,(H,28,29)/t20-,21+,25-/m0/s1. The minimum Gasteiger partial charge on any atom is -0.496 e. The molecule has 3 atom stereocenters. The van der Waals surface area contributed by atoms with Gasteiger partial charge in [0, 0.05) is 25.3 Å². The molecule has 0 radical (unpaired) electrons. The van der Waals surface area contributed by atoms with E-state index >= 15 is 0 Å². The molecule has 1 amide bonds. The third-order valence-corrected chi connectivity index (χ3v) is 7.15. The van der Waals surface area contributed by atoms with E-state index in [1.54, 1.807) is 13.2 Å². The first kappa shape index (κ1) is 20.1. The second-order valence-corrected chi connectivity index (χ2v) is 8.94. The third-order valence-electron chi connectivity index (χ3n) is 7.15. The molecule has 2 aromatic rings. The number of hydrogen-bond donors (Lipinski definition) is 1. The summed E-state index contributed by atoms with van der Waals surface area (Å²) in [5.74, 6) is -0.0317. The van der Waals surface area contributed by atoms with Crippen molar-refractivity contribution in [3.8, 4) is 16.9 Å². The van der Waals surface area contributed by atoms with E-state index < -0.39 is 5.97 Å². The van der Waals surface area contributed by atoms with Gasteiger partial charge in [-0.1, -0.05) is 30.3 Å². The molecule has 0 bridgehead atoms. The van der Waals surface area contributed by atoms with Crippen LogP contribution in [-0.2, 0) is 9.53 Å². The number of carboxylic acid groups (broad SMARTS) is 1. The Morgan fingerprint density at radius 1 is 1.23 bits per heavy atom. The number of amides is 1. The van der Waals surface area contributed by atoms with Crippen molar-refractivity contribution < 1.29 is 24.2 Å². The van der Waals surface area contributed by atoms with E-state index in [1.165, 1.54) is 0 Å². The summed E-state index contributed by atoms with van der Waals surface area (Å²) in [4.78, 5) is 26.9. The van der Waals surface area contributed by atoms with Crippen LogP contribution in [0.25, 0.3) is 11.1 Å². The fourth-order valence-corrected chi connectivity index (χ4v) is 5.38. The van der Waals surface area contributed by atoms with E-state index in [1.807, 2.05) is 41.3 Å². The lowest BCUT2D eigenvalue weighted by Gasteiger charge is -2.20. The van der Waals surface area contributed by atoms with E-state index in [2.05, 4.69) is 0 Å². The normalized spacial score (nSPS) is 26.9. The average molecular weight is 421 g/mol. The Hall–Kier alpha value is -2.86. The van der Waals surface area contributed by atoms with Crippen molar-refractivity contribution in [2.75, 3.05) is 26.8 Å². The van der Waals surface area contributed by atoms with Gasteiger partial charge >= 0.3 is 5.97 Å². The van der Waals surface area contributed by atoms with Crippen LogP contribution in [0.15, 0.2) is 42.5 Å². The Bertz CT molecular complexity index is 1010. The molecule has 1 saturated carbocycles. The lowest BCUT2D eigenvalue weighted by atomic mass is 9.91. The van der Waals surface area contributed by atoms with Gasteiger partial charge in [0.15, 0.2) is 0 Å². The number of nitrogens with zero attached hydrogens (tertiary/aromatic N) is 1. The van der Waals surface area contributed by atoms with Gasteiger partial charge in [-0.3, -0.25) is 4.79 Å². The van der Waals surface area contributed by atoms with Crippen molar-refractivity contribution in [3.63, 3.8) is 0 Å². The van der Waals surface area contributed by atoms with E-state index in [0.29, 0.717) is 24.5 Å². The van der Waals surface area contributed by atoms with Crippen molar-refractivity contribution in [1.29, 1.82) is 0 Å². The molecule has 6 heteroatoms. The first-order chi connectivity index (χ1) is 15.0. The van der Waals surface area contributed by atoms with Gasteiger partial charge in [-0.05, 0) is 60.3 Å². The van der Waals surface area contributed by atoms with Gasteiger partial charge in [0.25, 0.3) is 5.91 Å². The van der Waals surface area contributed by atoms with Gasteiger partial charge in [0.2, 0.25) is 0 Å². The van der Waals surface area contributed by atoms with E-state index in [9.17, 15) is 14.7 Å². The summed E-state index contributed by atoms with van der Waals surface area (Å²) in [5.41, 5.74) is 2.81. The van der Waals surface area contributed by atoms with E-state index in [0.717, 1.165) is 48.9 Å². The maximum absolute atomic E-state index is 12.8. The van der Waals surface area contributed by atoms with Crippen LogP contribution in [0.5, 0.6) is 5.75 Å². The Morgan fingerprint density at radius 2 is 2.03 bits per heavy atom. The number of benzene rings is 2. The van der Waals surface area contributed by atoms with Gasteiger partial charge in [-0.2, -0.15) is 0 Å². The Morgan fingerprint density at radius 3 is 2.71 bits per heavy atom. The van der Waals surface area contributed by atoms with E-state index in [-0.39, 0.29) is 23.3 Å². The maximum Gasteiger partial charge on any atom is 0.335 e. The highest BCUT2D eigenvalue weighted by atomic mass is 16.5. The first-order valence-electron chi connectivity index (χ1n) is 10.9. The summed E-state index contributed by atoms with van der Waals surface area (Å²) in [5, 5.41) is 9.97. The smallest absolute Gasteiger partial charge is 0.335 e. The zero-order valence-electron chi connectivity index (χ0n) is 17.7. The van der Waals surface area contributed by atoms with Gasteiger partial charge in [-0.25, -0.2) is 4.79 Å². The summed E-state index contributed by atoms with van der Waals surface area (Å²) in [6, 6.07) is 13.3. The number of rotatable bonds is 5. The molecule has 2 heterocycles. The number of aromatic carboxylic acids is 1. The minimum atomic E-state index is -0.929. The number of carboxylic acids is 1. The maximum atomic E-state index is 12.8. The van der Waals surface area contributed by atoms with E-state index in [4.69, 9.17) is 9.47 Å². The number of hydrogen-bond acceptors (Lipinski definition) is 4. The quantitative estimate of drug-likeness (QED) is 0.791. The number of carbonyl (C=O) groups is 2. The number of methoxy groups -OCH3 is 1. The molecule has 0 unspecified atom stereocenters. The molecule has 31 heavy (non-hydrogen) atoms. The lowest BCUT2D eigenvalue weighted by Crippen LogP contribution is -2.37. The van der Waals surface area contributed by atoms with Crippen LogP contribution in [0.4, 0.5) is 0 Å². The molecule has 2 aromatic carbocycles. The SMILES string of the molecule is COc1cc([C@@H]2C[C@]23CCN(C(=O)[C@H]2CCCO2)C3)c(C(=O)O)cc1-c1ccccc1. The summed E-state index contributed by atoms with van der Waals surface area (Å²) in [6.07, 6.45) is 3.24. The van der Waals surface area contributed by atoms with Crippen LogP contribution in [-0.4, -0.2) is 54.8 Å². The van der Waals surface area contributed by atoms with Crippen LogP contribution in [0, 0.1) is 5.41 Å². The molecule has 5 rings (SSSR count). The first-order valence-corrected chi connectivity index (χ1v) is 10.9. The minimum absolute atomic E-state index is 0.0300. The molecule has 1 aliphatic carbocycles. The predicted molar refractivity (Wildman–Crippen MR) is 115 cm³/mol. The van der Waals surface area contributed by atoms with Gasteiger partial charge in [0.05, 0.1) is 12.7 Å². The van der Waals surface area contributed by atoms with Crippen molar-refractivity contribution in [1.82, 2.24) is 4.90 Å². The molecule has 6 nitrogen and oxygen atoms in total.